The van der Waals surface area contributed by atoms with E-state index in [0.29, 0.717) is 5.92 Å². The highest BCUT2D eigenvalue weighted by molar-refractivity contribution is 7.99. The van der Waals surface area contributed by atoms with Crippen LogP contribution < -0.4 is 5.73 Å². The first kappa shape index (κ1) is 11.3. The first-order valence-electron chi connectivity index (χ1n) is 5.02. The Morgan fingerprint density at radius 1 is 1.62 bits per heavy atom. The van der Waals surface area contributed by atoms with Gasteiger partial charge in [-0.3, -0.25) is 0 Å². The van der Waals surface area contributed by atoms with Crippen LogP contribution >= 0.6 is 11.8 Å². The molecule has 0 amide bonds. The SMILES string of the molecule is CC(C)(CO)C(N)C1CCCSC1. The van der Waals surface area contributed by atoms with Crippen LogP contribution in [0.1, 0.15) is 26.7 Å². The van der Waals surface area contributed by atoms with Gasteiger partial charge in [-0.15, -0.1) is 0 Å². The van der Waals surface area contributed by atoms with E-state index in [1.54, 1.807) is 0 Å². The summed E-state index contributed by atoms with van der Waals surface area (Å²) < 4.78 is 0. The van der Waals surface area contributed by atoms with E-state index in [4.69, 9.17) is 5.73 Å². The Balaban J connectivity index is 2.49. The molecule has 0 aromatic rings. The predicted molar refractivity (Wildman–Crippen MR) is 58.9 cm³/mol. The highest BCUT2D eigenvalue weighted by Gasteiger charge is 2.32. The van der Waals surface area contributed by atoms with Crippen molar-refractivity contribution in [3.63, 3.8) is 0 Å². The maximum absolute atomic E-state index is 9.21. The van der Waals surface area contributed by atoms with Crippen LogP contribution in [-0.2, 0) is 0 Å². The molecule has 1 saturated heterocycles. The third kappa shape index (κ3) is 2.86. The number of hydrogen-bond donors (Lipinski definition) is 2. The highest BCUT2D eigenvalue weighted by Crippen LogP contribution is 2.32. The summed E-state index contributed by atoms with van der Waals surface area (Å²) in [5.41, 5.74) is 6.04. The first-order valence-corrected chi connectivity index (χ1v) is 6.17. The number of aliphatic hydroxyl groups excluding tert-OH is 1. The van der Waals surface area contributed by atoms with Crippen LogP contribution in [0.5, 0.6) is 0 Å². The summed E-state index contributed by atoms with van der Waals surface area (Å²) in [4.78, 5) is 0. The van der Waals surface area contributed by atoms with Gasteiger partial charge in [0.15, 0.2) is 0 Å². The van der Waals surface area contributed by atoms with Crippen molar-refractivity contribution in [3.05, 3.63) is 0 Å². The van der Waals surface area contributed by atoms with Gasteiger partial charge in [0.2, 0.25) is 0 Å². The fraction of sp³-hybridized carbons (Fsp3) is 1.00. The molecule has 0 aromatic carbocycles. The second-order valence-electron chi connectivity index (χ2n) is 4.65. The molecule has 1 heterocycles. The van der Waals surface area contributed by atoms with E-state index in [-0.39, 0.29) is 18.1 Å². The second-order valence-corrected chi connectivity index (χ2v) is 5.80. The summed E-state index contributed by atoms with van der Waals surface area (Å²) in [6, 6.07) is 0.144. The third-order valence-corrected chi connectivity index (χ3v) is 4.25. The summed E-state index contributed by atoms with van der Waals surface area (Å²) in [7, 11) is 0. The normalized spacial score (nSPS) is 27.2. The lowest BCUT2D eigenvalue weighted by molar-refractivity contribution is 0.107. The van der Waals surface area contributed by atoms with Crippen LogP contribution in [0.4, 0.5) is 0 Å². The standard InChI is InChI=1S/C10H21NOS/c1-10(2,7-12)9(11)8-4-3-5-13-6-8/h8-9,12H,3-7,11H2,1-2H3. The molecule has 78 valence electrons. The van der Waals surface area contributed by atoms with Crippen molar-refractivity contribution < 1.29 is 5.11 Å². The summed E-state index contributed by atoms with van der Waals surface area (Å²) in [6.07, 6.45) is 2.52. The Bertz CT molecular complexity index is 155. The highest BCUT2D eigenvalue weighted by atomic mass is 32.2. The monoisotopic (exact) mass is 203 g/mol. The topological polar surface area (TPSA) is 46.2 Å². The fourth-order valence-corrected chi connectivity index (χ4v) is 3.01. The smallest absolute Gasteiger partial charge is 0.0497 e. The number of nitrogens with two attached hydrogens (primary N) is 1. The summed E-state index contributed by atoms with van der Waals surface area (Å²) in [6.45, 7) is 4.29. The van der Waals surface area contributed by atoms with Crippen LogP contribution in [0, 0.1) is 11.3 Å². The van der Waals surface area contributed by atoms with Crippen LogP contribution in [-0.4, -0.2) is 29.3 Å². The molecule has 1 aliphatic heterocycles. The molecule has 3 N–H and O–H groups in total. The average Bonchev–Trinajstić information content (AvgIpc) is 2.18. The van der Waals surface area contributed by atoms with E-state index in [9.17, 15) is 5.11 Å². The van der Waals surface area contributed by atoms with Gasteiger partial charge in [0.1, 0.15) is 0 Å². The first-order chi connectivity index (χ1) is 6.08. The summed E-state index contributed by atoms with van der Waals surface area (Å²) >= 11 is 2.00. The fourth-order valence-electron chi connectivity index (χ4n) is 1.79. The van der Waals surface area contributed by atoms with Gasteiger partial charge in [-0.25, -0.2) is 0 Å². The van der Waals surface area contributed by atoms with Gasteiger partial charge < -0.3 is 10.8 Å². The molecular formula is C10H21NOS. The molecule has 0 radical (unpaired) electrons. The molecule has 1 aliphatic rings. The van der Waals surface area contributed by atoms with Gasteiger partial charge in [-0.1, -0.05) is 13.8 Å². The molecule has 0 saturated carbocycles. The number of hydrogen-bond acceptors (Lipinski definition) is 3. The zero-order valence-corrected chi connectivity index (χ0v) is 9.44. The van der Waals surface area contributed by atoms with E-state index in [2.05, 4.69) is 13.8 Å². The predicted octanol–water partition coefficient (Wildman–Crippen LogP) is 1.48. The number of rotatable bonds is 3. The molecular weight excluding hydrogens is 182 g/mol. The Kier molecular flexibility index (Phi) is 4.07. The zero-order valence-electron chi connectivity index (χ0n) is 8.62. The second kappa shape index (κ2) is 4.67. The maximum Gasteiger partial charge on any atom is 0.0497 e. The number of aliphatic hydroxyl groups is 1. The minimum absolute atomic E-state index is 0.122. The van der Waals surface area contributed by atoms with Gasteiger partial charge in [-0.2, -0.15) is 11.8 Å². The van der Waals surface area contributed by atoms with Crippen LogP contribution in [0.15, 0.2) is 0 Å². The van der Waals surface area contributed by atoms with Crippen molar-refractivity contribution in [1.82, 2.24) is 0 Å². The molecule has 1 fully saturated rings. The van der Waals surface area contributed by atoms with E-state index in [1.165, 1.54) is 24.3 Å². The van der Waals surface area contributed by atoms with Gasteiger partial charge in [-0.05, 0) is 30.3 Å². The van der Waals surface area contributed by atoms with Crippen LogP contribution in [0.25, 0.3) is 0 Å². The van der Waals surface area contributed by atoms with Crippen LogP contribution in [0.2, 0.25) is 0 Å². The molecule has 13 heavy (non-hydrogen) atoms. The minimum Gasteiger partial charge on any atom is -0.396 e. The van der Waals surface area contributed by atoms with Crippen molar-refractivity contribution in [2.24, 2.45) is 17.1 Å². The average molecular weight is 203 g/mol. The molecule has 1 rings (SSSR count). The van der Waals surface area contributed by atoms with Crippen molar-refractivity contribution in [1.29, 1.82) is 0 Å². The Labute approximate surface area is 85.3 Å². The maximum atomic E-state index is 9.21. The van der Waals surface area contributed by atoms with Crippen molar-refractivity contribution >= 4 is 11.8 Å². The van der Waals surface area contributed by atoms with Crippen molar-refractivity contribution in [2.75, 3.05) is 18.1 Å². The zero-order chi connectivity index (χ0) is 9.90. The lowest BCUT2D eigenvalue weighted by atomic mass is 9.77. The molecule has 0 spiro atoms. The quantitative estimate of drug-likeness (QED) is 0.730. The van der Waals surface area contributed by atoms with E-state index >= 15 is 0 Å². The van der Waals surface area contributed by atoms with Crippen LogP contribution in [0.3, 0.4) is 0 Å². The van der Waals surface area contributed by atoms with E-state index in [1.807, 2.05) is 11.8 Å². The molecule has 0 bridgehead atoms. The van der Waals surface area contributed by atoms with E-state index < -0.39 is 0 Å². The molecule has 3 heteroatoms. The van der Waals surface area contributed by atoms with Gasteiger partial charge in [0.05, 0.1) is 0 Å². The molecule has 2 nitrogen and oxygen atoms in total. The third-order valence-electron chi connectivity index (χ3n) is 3.01. The Morgan fingerprint density at radius 2 is 2.31 bits per heavy atom. The lowest BCUT2D eigenvalue weighted by Gasteiger charge is -2.37. The summed E-state index contributed by atoms with van der Waals surface area (Å²) in [5, 5.41) is 9.21. The molecule has 0 aromatic heterocycles. The Morgan fingerprint density at radius 3 is 2.77 bits per heavy atom. The summed E-state index contributed by atoms with van der Waals surface area (Å²) in [5.74, 6) is 3.05. The lowest BCUT2D eigenvalue weighted by Crippen LogP contribution is -2.47. The molecule has 0 aliphatic carbocycles. The van der Waals surface area contributed by atoms with Gasteiger partial charge in [0, 0.05) is 18.1 Å². The largest absolute Gasteiger partial charge is 0.396 e. The van der Waals surface area contributed by atoms with Gasteiger partial charge >= 0.3 is 0 Å². The van der Waals surface area contributed by atoms with Crippen molar-refractivity contribution in [3.8, 4) is 0 Å². The molecule has 2 atom stereocenters. The molecule has 2 unspecified atom stereocenters. The van der Waals surface area contributed by atoms with E-state index in [0.717, 1.165) is 0 Å². The Hall–Kier alpha value is 0.270. The van der Waals surface area contributed by atoms with Crippen molar-refractivity contribution in [2.45, 2.75) is 32.7 Å². The number of thioether (sulfide) groups is 1. The minimum atomic E-state index is -0.122. The van der Waals surface area contributed by atoms with Gasteiger partial charge in [0.25, 0.3) is 0 Å².